The molecule has 0 atom stereocenters. The van der Waals surface area contributed by atoms with E-state index in [9.17, 15) is 0 Å². The Bertz CT molecular complexity index is 241. The van der Waals surface area contributed by atoms with Crippen LogP contribution in [0.1, 0.15) is 32.4 Å². The van der Waals surface area contributed by atoms with Crippen molar-refractivity contribution in [2.45, 2.75) is 35.1 Å². The summed E-state index contributed by atoms with van der Waals surface area (Å²) in [6.07, 6.45) is 0. The number of ether oxygens (including phenoxy) is 1. The first-order valence-electron chi connectivity index (χ1n) is 4.85. The maximum atomic E-state index is 5.10. The summed E-state index contributed by atoms with van der Waals surface area (Å²) in [7, 11) is 1.69. The fourth-order valence-electron chi connectivity index (χ4n) is 1.03. The van der Waals surface area contributed by atoms with Gasteiger partial charge in [-0.2, -0.15) is 0 Å². The maximum Gasteiger partial charge on any atom is 0.121 e. The van der Waals surface area contributed by atoms with Crippen LogP contribution in [0.4, 0.5) is 0 Å². The Balaban J connectivity index is -0.000000258. The molecule has 0 heterocycles. The average molecular weight is 210 g/mol. The van der Waals surface area contributed by atoms with E-state index in [0.29, 0.717) is 0 Å². The van der Waals surface area contributed by atoms with Crippen LogP contribution in [0, 0.1) is 13.8 Å². The highest BCUT2D eigenvalue weighted by atomic mass is 16.5. The molecule has 1 aromatic carbocycles. The first-order valence-corrected chi connectivity index (χ1v) is 4.85. The van der Waals surface area contributed by atoms with Gasteiger partial charge in [-0.1, -0.05) is 39.0 Å². The lowest BCUT2D eigenvalue weighted by molar-refractivity contribution is 0.411. The normalized spacial score (nSPS) is 7.00. The van der Waals surface area contributed by atoms with Crippen molar-refractivity contribution in [3.8, 4) is 5.75 Å². The van der Waals surface area contributed by atoms with E-state index >= 15 is 0 Å². The van der Waals surface area contributed by atoms with Crippen LogP contribution in [0.5, 0.6) is 5.75 Å². The van der Waals surface area contributed by atoms with Gasteiger partial charge in [0.1, 0.15) is 5.75 Å². The topological polar surface area (TPSA) is 9.23 Å². The van der Waals surface area contributed by atoms with Gasteiger partial charge in [0, 0.05) is 0 Å². The largest absolute Gasteiger partial charge is 0.496 e. The van der Waals surface area contributed by atoms with E-state index in [2.05, 4.69) is 26.1 Å². The summed E-state index contributed by atoms with van der Waals surface area (Å²) in [5.74, 6) is 0.964. The molecule has 0 spiro atoms. The number of methoxy groups -OCH3 is 1. The molecule has 0 saturated carbocycles. The Kier molecular flexibility index (Phi) is 16.5. The molecule has 0 saturated heterocycles. The van der Waals surface area contributed by atoms with Crippen molar-refractivity contribution in [1.29, 1.82) is 0 Å². The molecular weight excluding hydrogens is 184 g/mol. The van der Waals surface area contributed by atoms with Crippen LogP contribution >= 0.6 is 0 Å². The molecule has 1 nitrogen and oxygen atoms in total. The highest BCUT2D eigenvalue weighted by Gasteiger charge is 1.94. The summed E-state index contributed by atoms with van der Waals surface area (Å²) >= 11 is 0. The van der Waals surface area contributed by atoms with Crippen molar-refractivity contribution >= 4 is 0 Å². The summed E-state index contributed by atoms with van der Waals surface area (Å²) in [4.78, 5) is 0. The molecular formula is C14H26O. The fourth-order valence-corrected chi connectivity index (χ4v) is 1.03. The third-order valence-electron chi connectivity index (χ3n) is 1.55. The Morgan fingerprint density at radius 1 is 1.07 bits per heavy atom. The number of hydrogen-bond donors (Lipinski definition) is 0. The lowest BCUT2D eigenvalue weighted by Crippen LogP contribution is -1.86. The van der Waals surface area contributed by atoms with Crippen molar-refractivity contribution < 1.29 is 4.74 Å². The smallest absolute Gasteiger partial charge is 0.121 e. The van der Waals surface area contributed by atoms with E-state index in [1.165, 1.54) is 11.1 Å². The van der Waals surface area contributed by atoms with Gasteiger partial charge in [0.2, 0.25) is 0 Å². The summed E-state index contributed by atoms with van der Waals surface area (Å²) in [5.41, 5.74) is 2.47. The van der Waals surface area contributed by atoms with Crippen LogP contribution in [0.15, 0.2) is 31.4 Å². The molecule has 0 aliphatic heterocycles. The van der Waals surface area contributed by atoms with Crippen LogP contribution in [0.2, 0.25) is 0 Å². The molecule has 0 radical (unpaired) electrons. The molecule has 1 aromatic rings. The first-order chi connectivity index (χ1) is 6.74. The van der Waals surface area contributed by atoms with Crippen LogP contribution in [-0.4, -0.2) is 7.11 Å². The predicted molar refractivity (Wildman–Crippen MR) is 71.8 cm³/mol. The molecule has 0 unspecified atom stereocenters. The minimum atomic E-state index is 0. The first kappa shape index (κ1) is 19.4. The second-order valence-corrected chi connectivity index (χ2v) is 2.47. The highest BCUT2D eigenvalue weighted by Crippen LogP contribution is 2.17. The van der Waals surface area contributed by atoms with Gasteiger partial charge in [-0.15, -0.1) is 13.2 Å². The summed E-state index contributed by atoms with van der Waals surface area (Å²) in [6.45, 7) is 14.1. The van der Waals surface area contributed by atoms with E-state index in [1.807, 2.05) is 32.9 Å². The zero-order valence-corrected chi connectivity index (χ0v) is 10.1. The van der Waals surface area contributed by atoms with E-state index < -0.39 is 0 Å². The average Bonchev–Trinajstić information content (AvgIpc) is 2.24. The van der Waals surface area contributed by atoms with Crippen molar-refractivity contribution in [2.24, 2.45) is 0 Å². The Hall–Kier alpha value is -1.24. The molecule has 0 N–H and O–H groups in total. The molecule has 0 bridgehead atoms. The second-order valence-electron chi connectivity index (χ2n) is 2.47. The minimum Gasteiger partial charge on any atom is -0.496 e. The van der Waals surface area contributed by atoms with Gasteiger partial charge in [0.05, 0.1) is 7.11 Å². The molecule has 15 heavy (non-hydrogen) atoms. The lowest BCUT2D eigenvalue weighted by atomic mass is 10.1. The molecule has 1 rings (SSSR count). The summed E-state index contributed by atoms with van der Waals surface area (Å²) < 4.78 is 5.10. The molecule has 0 aromatic heterocycles. The van der Waals surface area contributed by atoms with Crippen molar-refractivity contribution in [3.63, 3.8) is 0 Å². The number of rotatable bonds is 1. The molecule has 0 aliphatic carbocycles. The van der Waals surface area contributed by atoms with Crippen molar-refractivity contribution in [3.05, 3.63) is 42.5 Å². The van der Waals surface area contributed by atoms with Gasteiger partial charge in [-0.05, 0) is 25.5 Å². The lowest BCUT2D eigenvalue weighted by Gasteiger charge is -2.03. The van der Waals surface area contributed by atoms with Crippen molar-refractivity contribution in [2.75, 3.05) is 7.11 Å². The van der Waals surface area contributed by atoms with Crippen molar-refractivity contribution in [1.82, 2.24) is 0 Å². The number of hydrogen-bond acceptors (Lipinski definition) is 1. The van der Waals surface area contributed by atoms with Crippen LogP contribution in [0.25, 0.3) is 0 Å². The highest BCUT2D eigenvalue weighted by molar-refractivity contribution is 5.35. The standard InChI is InChI=1S/C9H12O.C2H6.C2H4.CH4/c1-7-4-5-9(10-3)8(2)6-7;2*1-2;/h4-6H,1-3H3;1-2H3;1-2H2;1H4. The van der Waals surface area contributed by atoms with Gasteiger partial charge < -0.3 is 4.74 Å². The second kappa shape index (κ2) is 12.8. The van der Waals surface area contributed by atoms with E-state index in [0.717, 1.165) is 5.75 Å². The van der Waals surface area contributed by atoms with E-state index in [1.54, 1.807) is 7.11 Å². The number of aryl methyl sites for hydroxylation is 2. The fraction of sp³-hybridized carbons (Fsp3) is 0.429. The van der Waals surface area contributed by atoms with Gasteiger partial charge in [0.25, 0.3) is 0 Å². The zero-order valence-electron chi connectivity index (χ0n) is 10.1. The zero-order chi connectivity index (χ0) is 11.6. The number of benzene rings is 1. The predicted octanol–water partition coefficient (Wildman–Crippen LogP) is 4.78. The summed E-state index contributed by atoms with van der Waals surface area (Å²) in [6, 6.07) is 6.15. The SMILES string of the molecule is C.C=C.CC.COc1ccc(C)cc1C. The Labute approximate surface area is 95.8 Å². The third kappa shape index (κ3) is 7.80. The van der Waals surface area contributed by atoms with Gasteiger partial charge >= 0.3 is 0 Å². The quantitative estimate of drug-likeness (QED) is 0.606. The van der Waals surface area contributed by atoms with Gasteiger partial charge in [-0.25, -0.2) is 0 Å². The summed E-state index contributed by atoms with van der Waals surface area (Å²) in [5, 5.41) is 0. The molecule has 0 aliphatic rings. The van der Waals surface area contributed by atoms with E-state index in [-0.39, 0.29) is 7.43 Å². The maximum absolute atomic E-state index is 5.10. The van der Waals surface area contributed by atoms with Gasteiger partial charge in [0.15, 0.2) is 0 Å². The van der Waals surface area contributed by atoms with Crippen LogP contribution in [0.3, 0.4) is 0 Å². The molecule has 0 fully saturated rings. The molecule has 0 amide bonds. The van der Waals surface area contributed by atoms with E-state index in [4.69, 9.17) is 4.74 Å². The Morgan fingerprint density at radius 2 is 1.53 bits per heavy atom. The van der Waals surface area contributed by atoms with Crippen LogP contribution in [-0.2, 0) is 0 Å². The minimum absolute atomic E-state index is 0. The molecule has 1 heteroatoms. The molecule has 88 valence electrons. The van der Waals surface area contributed by atoms with Gasteiger partial charge in [-0.3, -0.25) is 0 Å². The van der Waals surface area contributed by atoms with Crippen LogP contribution < -0.4 is 4.74 Å². The Morgan fingerprint density at radius 3 is 1.87 bits per heavy atom. The third-order valence-corrected chi connectivity index (χ3v) is 1.55. The monoisotopic (exact) mass is 210 g/mol.